The van der Waals surface area contributed by atoms with Crippen LogP contribution in [0, 0.1) is 5.41 Å². The van der Waals surface area contributed by atoms with E-state index in [1.54, 1.807) is 6.20 Å². The summed E-state index contributed by atoms with van der Waals surface area (Å²) in [6, 6.07) is 4.42. The summed E-state index contributed by atoms with van der Waals surface area (Å²) in [6.45, 7) is 11.0. The average molecular weight is 321 g/mol. The number of aromatic nitrogens is 1. The number of hydrogen-bond donors (Lipinski definition) is 2. The summed E-state index contributed by atoms with van der Waals surface area (Å²) in [5.41, 5.74) is 7.38. The SMILES string of the molecule is CC(C)(C)[C@H](c1cccnc1N)N1CCNCC1.Cl.Cl. The van der Waals surface area contributed by atoms with E-state index in [0.29, 0.717) is 11.9 Å². The van der Waals surface area contributed by atoms with Crippen LogP contribution in [0.1, 0.15) is 32.4 Å². The van der Waals surface area contributed by atoms with Gasteiger partial charge in [-0.15, -0.1) is 24.8 Å². The Morgan fingerprint density at radius 3 is 2.35 bits per heavy atom. The maximum atomic E-state index is 6.07. The standard InChI is InChI=1S/C14H24N4.2ClH/c1-14(2,3)12(18-9-7-16-8-10-18)11-5-4-6-17-13(11)15;;/h4-6,12,16H,7-10H2,1-3H3,(H2,15,17);2*1H/t12-;;/m0../s1. The van der Waals surface area contributed by atoms with Gasteiger partial charge in [-0.1, -0.05) is 26.8 Å². The number of anilines is 1. The van der Waals surface area contributed by atoms with E-state index in [0.717, 1.165) is 31.7 Å². The number of rotatable bonds is 2. The van der Waals surface area contributed by atoms with Crippen molar-refractivity contribution in [2.75, 3.05) is 31.9 Å². The van der Waals surface area contributed by atoms with Crippen LogP contribution in [0.5, 0.6) is 0 Å². The second kappa shape index (κ2) is 8.03. The minimum Gasteiger partial charge on any atom is -0.383 e. The van der Waals surface area contributed by atoms with Gasteiger partial charge in [-0.2, -0.15) is 0 Å². The number of nitrogens with one attached hydrogen (secondary N) is 1. The van der Waals surface area contributed by atoms with Gasteiger partial charge >= 0.3 is 0 Å². The molecule has 1 aliphatic rings. The first kappa shape index (κ1) is 19.4. The van der Waals surface area contributed by atoms with Crippen molar-refractivity contribution < 1.29 is 0 Å². The highest BCUT2D eigenvalue weighted by molar-refractivity contribution is 5.85. The van der Waals surface area contributed by atoms with Crippen LogP contribution in [0.4, 0.5) is 5.82 Å². The summed E-state index contributed by atoms with van der Waals surface area (Å²) in [5, 5.41) is 3.40. The Labute approximate surface area is 134 Å². The maximum absolute atomic E-state index is 6.07. The zero-order valence-electron chi connectivity index (χ0n) is 12.4. The molecular formula is C14H26Cl2N4. The molecule has 1 aromatic heterocycles. The Bertz CT molecular complexity index is 400. The smallest absolute Gasteiger partial charge is 0.128 e. The lowest BCUT2D eigenvalue weighted by molar-refractivity contribution is 0.0865. The fourth-order valence-electron chi connectivity index (χ4n) is 2.81. The molecule has 20 heavy (non-hydrogen) atoms. The lowest BCUT2D eigenvalue weighted by Gasteiger charge is -2.42. The van der Waals surface area contributed by atoms with Gasteiger partial charge in [-0.05, 0) is 11.5 Å². The molecule has 0 unspecified atom stereocenters. The van der Waals surface area contributed by atoms with Crippen molar-refractivity contribution in [2.24, 2.45) is 5.41 Å². The minimum absolute atomic E-state index is 0. The lowest BCUT2D eigenvalue weighted by Crippen LogP contribution is -2.48. The Hall–Kier alpha value is -0.550. The molecule has 0 aromatic carbocycles. The molecule has 2 rings (SSSR count). The molecule has 0 radical (unpaired) electrons. The molecule has 1 atom stereocenters. The first-order valence-electron chi connectivity index (χ1n) is 6.65. The number of nitrogens with two attached hydrogens (primary N) is 1. The third-order valence-corrected chi connectivity index (χ3v) is 3.50. The normalized spacial score (nSPS) is 17.8. The van der Waals surface area contributed by atoms with E-state index in [2.05, 4.69) is 42.0 Å². The van der Waals surface area contributed by atoms with Gasteiger partial charge in [0, 0.05) is 44.0 Å². The molecule has 1 aromatic rings. The summed E-state index contributed by atoms with van der Waals surface area (Å²) in [7, 11) is 0. The highest BCUT2D eigenvalue weighted by Crippen LogP contribution is 2.39. The van der Waals surface area contributed by atoms with Gasteiger partial charge < -0.3 is 11.1 Å². The topological polar surface area (TPSA) is 54.2 Å². The maximum Gasteiger partial charge on any atom is 0.128 e. The lowest BCUT2D eigenvalue weighted by atomic mass is 9.81. The molecule has 1 saturated heterocycles. The van der Waals surface area contributed by atoms with Crippen LogP contribution in [0.3, 0.4) is 0 Å². The number of nitrogen functional groups attached to an aromatic ring is 1. The molecule has 0 saturated carbocycles. The summed E-state index contributed by atoms with van der Waals surface area (Å²) >= 11 is 0. The molecule has 116 valence electrons. The van der Waals surface area contributed by atoms with Crippen molar-refractivity contribution in [1.29, 1.82) is 0 Å². The van der Waals surface area contributed by atoms with Gasteiger partial charge in [0.1, 0.15) is 5.82 Å². The van der Waals surface area contributed by atoms with E-state index >= 15 is 0 Å². The molecule has 0 bridgehead atoms. The van der Waals surface area contributed by atoms with Gasteiger partial charge in [-0.25, -0.2) is 4.98 Å². The molecule has 6 heteroatoms. The van der Waals surface area contributed by atoms with Crippen molar-refractivity contribution in [1.82, 2.24) is 15.2 Å². The number of piperazine rings is 1. The predicted octanol–water partition coefficient (Wildman–Crippen LogP) is 2.50. The highest BCUT2D eigenvalue weighted by Gasteiger charge is 2.33. The van der Waals surface area contributed by atoms with Crippen LogP contribution in [0.2, 0.25) is 0 Å². The van der Waals surface area contributed by atoms with E-state index in [4.69, 9.17) is 5.73 Å². The Kier molecular flexibility index (Phi) is 7.81. The zero-order chi connectivity index (χ0) is 13.2. The van der Waals surface area contributed by atoms with Crippen molar-refractivity contribution in [3.05, 3.63) is 23.9 Å². The van der Waals surface area contributed by atoms with Crippen molar-refractivity contribution in [3.63, 3.8) is 0 Å². The number of pyridine rings is 1. The van der Waals surface area contributed by atoms with E-state index in [1.807, 2.05) is 6.07 Å². The van der Waals surface area contributed by atoms with Crippen LogP contribution >= 0.6 is 24.8 Å². The van der Waals surface area contributed by atoms with E-state index in [-0.39, 0.29) is 30.2 Å². The number of halogens is 2. The van der Waals surface area contributed by atoms with Gasteiger partial charge in [0.15, 0.2) is 0 Å². The van der Waals surface area contributed by atoms with Gasteiger partial charge in [-0.3, -0.25) is 4.90 Å². The summed E-state index contributed by atoms with van der Waals surface area (Å²) < 4.78 is 0. The van der Waals surface area contributed by atoms with E-state index < -0.39 is 0 Å². The van der Waals surface area contributed by atoms with E-state index in [9.17, 15) is 0 Å². The van der Waals surface area contributed by atoms with Crippen LogP contribution in [-0.2, 0) is 0 Å². The monoisotopic (exact) mass is 320 g/mol. The second-order valence-corrected chi connectivity index (χ2v) is 6.03. The molecule has 4 nitrogen and oxygen atoms in total. The fraction of sp³-hybridized carbons (Fsp3) is 0.643. The minimum atomic E-state index is 0. The molecule has 1 fully saturated rings. The largest absolute Gasteiger partial charge is 0.383 e. The van der Waals surface area contributed by atoms with Crippen molar-refractivity contribution >= 4 is 30.6 Å². The van der Waals surface area contributed by atoms with Crippen LogP contribution in [0.15, 0.2) is 18.3 Å². The van der Waals surface area contributed by atoms with E-state index in [1.165, 1.54) is 0 Å². The van der Waals surface area contributed by atoms with Gasteiger partial charge in [0.2, 0.25) is 0 Å². The quantitative estimate of drug-likeness (QED) is 0.879. The first-order valence-corrected chi connectivity index (χ1v) is 6.65. The predicted molar refractivity (Wildman–Crippen MR) is 89.8 cm³/mol. The molecule has 1 aliphatic heterocycles. The molecule has 0 aliphatic carbocycles. The van der Waals surface area contributed by atoms with Gasteiger partial charge in [0.25, 0.3) is 0 Å². The fourth-order valence-corrected chi connectivity index (χ4v) is 2.81. The number of nitrogens with zero attached hydrogens (tertiary/aromatic N) is 2. The van der Waals surface area contributed by atoms with Crippen molar-refractivity contribution in [2.45, 2.75) is 26.8 Å². The Morgan fingerprint density at radius 2 is 1.85 bits per heavy atom. The summed E-state index contributed by atoms with van der Waals surface area (Å²) in [5.74, 6) is 0.663. The average Bonchev–Trinajstić information content (AvgIpc) is 2.32. The van der Waals surface area contributed by atoms with Crippen LogP contribution in [0.25, 0.3) is 0 Å². The second-order valence-electron chi connectivity index (χ2n) is 6.03. The van der Waals surface area contributed by atoms with Crippen molar-refractivity contribution in [3.8, 4) is 0 Å². The van der Waals surface area contributed by atoms with Gasteiger partial charge in [0.05, 0.1) is 0 Å². The third-order valence-electron chi connectivity index (χ3n) is 3.50. The Balaban J connectivity index is 0.00000180. The number of hydrogen-bond acceptors (Lipinski definition) is 4. The molecular weight excluding hydrogens is 295 g/mol. The zero-order valence-corrected chi connectivity index (χ0v) is 14.1. The van der Waals surface area contributed by atoms with Crippen LogP contribution in [-0.4, -0.2) is 36.1 Å². The highest BCUT2D eigenvalue weighted by atomic mass is 35.5. The van der Waals surface area contributed by atoms with Crippen LogP contribution < -0.4 is 11.1 Å². The molecule has 0 amide bonds. The summed E-state index contributed by atoms with van der Waals surface area (Å²) in [6.07, 6.45) is 1.76. The first-order chi connectivity index (χ1) is 8.50. The molecule has 2 heterocycles. The molecule has 0 spiro atoms. The Morgan fingerprint density at radius 1 is 1.25 bits per heavy atom. The third kappa shape index (κ3) is 4.48. The molecule has 3 N–H and O–H groups in total. The summed E-state index contributed by atoms with van der Waals surface area (Å²) in [4.78, 5) is 6.76.